The molecule has 0 aliphatic rings. The van der Waals surface area contributed by atoms with Gasteiger partial charge in [0.05, 0.1) is 28.4 Å². The molecule has 0 unspecified atom stereocenters. The van der Waals surface area contributed by atoms with Crippen LogP contribution in [0.3, 0.4) is 0 Å². The van der Waals surface area contributed by atoms with Crippen molar-refractivity contribution in [2.45, 2.75) is 0 Å². The molecule has 0 fully saturated rings. The van der Waals surface area contributed by atoms with E-state index >= 15 is 0 Å². The molecule has 0 aliphatic carbocycles. The quantitative estimate of drug-likeness (QED) is 0.821. The van der Waals surface area contributed by atoms with Crippen molar-refractivity contribution in [2.24, 2.45) is 0 Å². The molecule has 1 N–H and O–H groups in total. The lowest BCUT2D eigenvalue weighted by atomic mass is 10.2. The molecule has 1 aromatic rings. The standard InChI is InChI=1S/C10H14O5/c1-12-6-5-7(13-2)9(14-3)10(15-4)8(6)11/h5,11H,1-4H3. The molecule has 0 bridgehead atoms. The topological polar surface area (TPSA) is 57.2 Å². The van der Waals surface area contributed by atoms with E-state index in [0.717, 1.165) is 0 Å². The molecule has 5 nitrogen and oxygen atoms in total. The fraction of sp³-hybridized carbons (Fsp3) is 0.400. The molecule has 0 saturated carbocycles. The minimum absolute atomic E-state index is 0.113. The summed E-state index contributed by atoms with van der Waals surface area (Å²) in [7, 11) is 5.83. The Balaban J connectivity index is 3.43. The van der Waals surface area contributed by atoms with Gasteiger partial charge in [-0.2, -0.15) is 0 Å². The van der Waals surface area contributed by atoms with Gasteiger partial charge in [0.2, 0.25) is 17.2 Å². The Morgan fingerprint density at radius 2 is 1.33 bits per heavy atom. The van der Waals surface area contributed by atoms with Crippen molar-refractivity contribution < 1.29 is 24.1 Å². The smallest absolute Gasteiger partial charge is 0.211 e. The van der Waals surface area contributed by atoms with E-state index in [-0.39, 0.29) is 17.2 Å². The molecule has 1 aromatic carbocycles. The molecule has 5 heteroatoms. The van der Waals surface area contributed by atoms with Gasteiger partial charge in [-0.3, -0.25) is 0 Å². The van der Waals surface area contributed by atoms with Crippen LogP contribution in [-0.4, -0.2) is 33.5 Å². The van der Waals surface area contributed by atoms with Gasteiger partial charge in [0.25, 0.3) is 0 Å². The maximum absolute atomic E-state index is 9.74. The first-order chi connectivity index (χ1) is 7.19. The second-order valence-electron chi connectivity index (χ2n) is 2.70. The van der Waals surface area contributed by atoms with Crippen LogP contribution in [0.25, 0.3) is 0 Å². The van der Waals surface area contributed by atoms with Crippen molar-refractivity contribution in [3.05, 3.63) is 6.07 Å². The van der Waals surface area contributed by atoms with Crippen LogP contribution >= 0.6 is 0 Å². The molecule has 0 saturated heterocycles. The average molecular weight is 214 g/mol. The van der Waals surface area contributed by atoms with Crippen molar-refractivity contribution in [1.82, 2.24) is 0 Å². The van der Waals surface area contributed by atoms with E-state index in [2.05, 4.69) is 0 Å². The number of hydrogen-bond donors (Lipinski definition) is 1. The number of hydrogen-bond acceptors (Lipinski definition) is 5. The van der Waals surface area contributed by atoms with E-state index in [1.54, 1.807) is 0 Å². The van der Waals surface area contributed by atoms with E-state index in [0.29, 0.717) is 11.5 Å². The Kier molecular flexibility index (Phi) is 3.49. The molecule has 0 aromatic heterocycles. The molecular weight excluding hydrogens is 200 g/mol. The molecule has 0 spiro atoms. The van der Waals surface area contributed by atoms with Crippen molar-refractivity contribution >= 4 is 0 Å². The Hall–Kier alpha value is -1.78. The predicted octanol–water partition coefficient (Wildman–Crippen LogP) is 1.43. The first kappa shape index (κ1) is 11.3. The zero-order valence-corrected chi connectivity index (χ0v) is 9.16. The minimum atomic E-state index is -0.113. The van der Waals surface area contributed by atoms with Gasteiger partial charge in [0.15, 0.2) is 11.5 Å². The summed E-state index contributed by atoms with van der Waals surface area (Å²) >= 11 is 0. The molecule has 0 atom stereocenters. The number of benzene rings is 1. The SMILES string of the molecule is COc1cc(OC)c(OC)c(OC)c1O. The lowest BCUT2D eigenvalue weighted by Crippen LogP contribution is -1.97. The summed E-state index contributed by atoms with van der Waals surface area (Å²) in [6.07, 6.45) is 0. The van der Waals surface area contributed by atoms with Gasteiger partial charge in [-0.1, -0.05) is 0 Å². The molecule has 0 amide bonds. The van der Waals surface area contributed by atoms with E-state index < -0.39 is 0 Å². The first-order valence-electron chi connectivity index (χ1n) is 4.25. The van der Waals surface area contributed by atoms with Crippen molar-refractivity contribution in [1.29, 1.82) is 0 Å². The third kappa shape index (κ3) is 1.86. The second kappa shape index (κ2) is 4.63. The van der Waals surface area contributed by atoms with Crippen molar-refractivity contribution in [3.8, 4) is 28.7 Å². The second-order valence-corrected chi connectivity index (χ2v) is 2.70. The highest BCUT2D eigenvalue weighted by molar-refractivity contribution is 5.64. The van der Waals surface area contributed by atoms with E-state index in [1.807, 2.05) is 0 Å². The van der Waals surface area contributed by atoms with Gasteiger partial charge in [0, 0.05) is 6.07 Å². The number of ether oxygens (including phenoxy) is 4. The van der Waals surface area contributed by atoms with Gasteiger partial charge in [0.1, 0.15) is 0 Å². The normalized spacial score (nSPS) is 9.60. The maximum Gasteiger partial charge on any atom is 0.211 e. The zero-order valence-electron chi connectivity index (χ0n) is 9.16. The summed E-state index contributed by atoms with van der Waals surface area (Å²) in [5.41, 5.74) is 0. The van der Waals surface area contributed by atoms with Crippen LogP contribution < -0.4 is 18.9 Å². The molecule has 15 heavy (non-hydrogen) atoms. The van der Waals surface area contributed by atoms with Crippen LogP contribution in [0.4, 0.5) is 0 Å². The van der Waals surface area contributed by atoms with Gasteiger partial charge in [-0.15, -0.1) is 0 Å². The number of phenolic OH excluding ortho intramolecular Hbond substituents is 1. The first-order valence-corrected chi connectivity index (χ1v) is 4.25. The summed E-state index contributed by atoms with van der Waals surface area (Å²) < 4.78 is 20.1. The lowest BCUT2D eigenvalue weighted by Gasteiger charge is -2.15. The summed E-state index contributed by atoms with van der Waals surface area (Å²) in [5, 5.41) is 9.74. The van der Waals surface area contributed by atoms with Crippen molar-refractivity contribution in [2.75, 3.05) is 28.4 Å². The Morgan fingerprint density at radius 1 is 0.800 bits per heavy atom. The molecule has 1 rings (SSSR count). The highest BCUT2D eigenvalue weighted by Gasteiger charge is 2.20. The highest BCUT2D eigenvalue weighted by Crippen LogP contribution is 2.49. The van der Waals surface area contributed by atoms with Gasteiger partial charge < -0.3 is 24.1 Å². The van der Waals surface area contributed by atoms with Gasteiger partial charge in [-0.25, -0.2) is 0 Å². The van der Waals surface area contributed by atoms with Crippen LogP contribution in [0.5, 0.6) is 28.7 Å². The van der Waals surface area contributed by atoms with Crippen LogP contribution in [0.15, 0.2) is 6.07 Å². The summed E-state index contributed by atoms with van der Waals surface area (Å²) in [5.74, 6) is 1.11. The van der Waals surface area contributed by atoms with E-state index in [1.165, 1.54) is 34.5 Å². The van der Waals surface area contributed by atoms with Gasteiger partial charge in [-0.05, 0) is 0 Å². The Labute approximate surface area is 88.1 Å². The lowest BCUT2D eigenvalue weighted by molar-refractivity contribution is 0.297. The predicted molar refractivity (Wildman–Crippen MR) is 54.3 cm³/mol. The summed E-state index contributed by atoms with van der Waals surface area (Å²) in [4.78, 5) is 0. The fourth-order valence-corrected chi connectivity index (χ4v) is 1.27. The van der Waals surface area contributed by atoms with Crippen molar-refractivity contribution in [3.63, 3.8) is 0 Å². The summed E-state index contributed by atoms with van der Waals surface area (Å²) in [6, 6.07) is 1.52. The van der Waals surface area contributed by atoms with E-state index in [4.69, 9.17) is 18.9 Å². The highest BCUT2D eigenvalue weighted by atomic mass is 16.5. The van der Waals surface area contributed by atoms with Crippen LogP contribution in [-0.2, 0) is 0 Å². The Bertz CT molecular complexity index is 348. The maximum atomic E-state index is 9.74. The number of methoxy groups -OCH3 is 4. The molecule has 0 aliphatic heterocycles. The van der Waals surface area contributed by atoms with Gasteiger partial charge >= 0.3 is 0 Å². The van der Waals surface area contributed by atoms with Crippen LogP contribution in [0.2, 0.25) is 0 Å². The van der Waals surface area contributed by atoms with E-state index in [9.17, 15) is 5.11 Å². The molecule has 0 radical (unpaired) electrons. The summed E-state index contributed by atoms with van der Waals surface area (Å²) in [6.45, 7) is 0. The monoisotopic (exact) mass is 214 g/mol. The fourth-order valence-electron chi connectivity index (χ4n) is 1.27. The third-order valence-corrected chi connectivity index (χ3v) is 1.99. The number of aromatic hydroxyl groups is 1. The number of phenols is 1. The Morgan fingerprint density at radius 3 is 1.73 bits per heavy atom. The molecule has 84 valence electrons. The zero-order chi connectivity index (χ0) is 11.4. The average Bonchev–Trinajstić information content (AvgIpc) is 2.28. The largest absolute Gasteiger partial charge is 0.502 e. The number of rotatable bonds is 4. The minimum Gasteiger partial charge on any atom is -0.502 e. The third-order valence-electron chi connectivity index (χ3n) is 1.99. The van der Waals surface area contributed by atoms with Crippen LogP contribution in [0.1, 0.15) is 0 Å². The molecular formula is C10H14O5. The molecule has 0 heterocycles. The van der Waals surface area contributed by atoms with Crippen LogP contribution in [0, 0.1) is 0 Å².